The third kappa shape index (κ3) is 3.24. The normalized spacial score (nSPS) is 11.4. The number of carboxylic acids is 2. The van der Waals surface area contributed by atoms with E-state index in [2.05, 4.69) is 0 Å². The Labute approximate surface area is 155 Å². The summed E-state index contributed by atoms with van der Waals surface area (Å²) >= 11 is 0. The summed E-state index contributed by atoms with van der Waals surface area (Å²) in [6.07, 6.45) is -0.218. The van der Waals surface area contributed by atoms with Crippen LogP contribution in [0.4, 0.5) is 0 Å². The number of fused-ring (bicyclic) bond motifs is 2. The molecule has 2 aromatic heterocycles. The summed E-state index contributed by atoms with van der Waals surface area (Å²) in [5.74, 6) is -2.09. The fourth-order valence-electron chi connectivity index (χ4n) is 3.26. The van der Waals surface area contributed by atoms with Crippen LogP contribution in [0.25, 0.3) is 21.5 Å². The first-order valence-corrected chi connectivity index (χ1v) is 8.56. The average molecular weight is 388 g/mol. The summed E-state index contributed by atoms with van der Waals surface area (Å²) in [6, 6.07) is 2.42. The topological polar surface area (TPSA) is 153 Å². The third-order valence-corrected chi connectivity index (χ3v) is 4.60. The number of nitrogens with zero attached hydrogens (tertiary/aromatic N) is 2. The van der Waals surface area contributed by atoms with Gasteiger partial charge in [0, 0.05) is 25.9 Å². The highest BCUT2D eigenvalue weighted by Crippen LogP contribution is 2.15. The van der Waals surface area contributed by atoms with Crippen molar-refractivity contribution in [2.24, 2.45) is 0 Å². The molecule has 0 radical (unpaired) electrons. The van der Waals surface area contributed by atoms with E-state index in [9.17, 15) is 28.8 Å². The van der Waals surface area contributed by atoms with Gasteiger partial charge in [-0.15, -0.1) is 0 Å². The molecule has 0 unspecified atom stereocenters. The maximum Gasteiger partial charge on any atom is 0.303 e. The van der Waals surface area contributed by atoms with Crippen molar-refractivity contribution in [3.8, 4) is 0 Å². The molecule has 10 nitrogen and oxygen atoms in total. The summed E-state index contributed by atoms with van der Waals surface area (Å²) < 4.78 is 1.81. The zero-order valence-corrected chi connectivity index (χ0v) is 14.6. The molecule has 3 aromatic rings. The van der Waals surface area contributed by atoms with Crippen LogP contribution in [0.2, 0.25) is 0 Å². The molecule has 0 spiro atoms. The van der Waals surface area contributed by atoms with Gasteiger partial charge in [0.15, 0.2) is 0 Å². The predicted octanol–water partition coefficient (Wildman–Crippen LogP) is -0.358. The number of hydrogen-bond acceptors (Lipinski definition) is 6. The van der Waals surface area contributed by atoms with E-state index in [0.29, 0.717) is 0 Å². The number of aliphatic carboxylic acids is 2. The van der Waals surface area contributed by atoms with Crippen LogP contribution in [0.1, 0.15) is 25.7 Å². The number of carbonyl (C=O) groups is 2. The Balaban J connectivity index is 2.08. The molecule has 10 heteroatoms. The summed E-state index contributed by atoms with van der Waals surface area (Å²) in [5, 5.41) is 17.3. The van der Waals surface area contributed by atoms with Crippen LogP contribution in [-0.4, -0.2) is 31.3 Å². The van der Waals surface area contributed by atoms with Crippen molar-refractivity contribution in [3.63, 3.8) is 0 Å². The Bertz CT molecular complexity index is 1130. The first-order valence-electron chi connectivity index (χ1n) is 8.56. The molecule has 0 aliphatic heterocycles. The molecule has 0 bridgehead atoms. The number of benzene rings is 1. The first-order chi connectivity index (χ1) is 13.2. The minimum absolute atomic E-state index is 0.00684. The fraction of sp³-hybridized carbons (Fsp3) is 0.333. The number of hydrogen-bond donors (Lipinski definition) is 2. The molecule has 28 heavy (non-hydrogen) atoms. The Morgan fingerprint density at radius 3 is 1.18 bits per heavy atom. The molecule has 3 rings (SSSR count). The van der Waals surface area contributed by atoms with E-state index >= 15 is 0 Å². The van der Waals surface area contributed by atoms with E-state index in [4.69, 9.17) is 10.2 Å². The largest absolute Gasteiger partial charge is 0.481 e. The molecule has 2 N–H and O–H groups in total. The van der Waals surface area contributed by atoms with E-state index in [1.54, 1.807) is 0 Å². The second kappa shape index (κ2) is 7.22. The van der Waals surface area contributed by atoms with E-state index in [1.165, 1.54) is 12.1 Å². The lowest BCUT2D eigenvalue weighted by atomic mass is 10.1. The van der Waals surface area contributed by atoms with Gasteiger partial charge in [-0.05, 0) is 25.0 Å². The van der Waals surface area contributed by atoms with Crippen LogP contribution in [0.15, 0.2) is 31.3 Å². The molecule has 0 atom stereocenters. The van der Waals surface area contributed by atoms with E-state index in [0.717, 1.165) is 9.13 Å². The zero-order chi connectivity index (χ0) is 20.6. The van der Waals surface area contributed by atoms with Crippen molar-refractivity contribution in [1.29, 1.82) is 0 Å². The molecule has 2 heterocycles. The van der Waals surface area contributed by atoms with Gasteiger partial charge in [0.1, 0.15) is 0 Å². The van der Waals surface area contributed by atoms with Crippen molar-refractivity contribution in [2.45, 2.75) is 38.8 Å². The number of carboxylic acid groups (broad SMARTS) is 2. The number of aromatic nitrogens is 2. The van der Waals surface area contributed by atoms with Gasteiger partial charge in [0.05, 0.1) is 21.5 Å². The lowest BCUT2D eigenvalue weighted by Crippen LogP contribution is -2.26. The molecule has 0 saturated heterocycles. The Morgan fingerprint density at radius 1 is 0.643 bits per heavy atom. The van der Waals surface area contributed by atoms with Gasteiger partial charge in [-0.1, -0.05) is 0 Å². The van der Waals surface area contributed by atoms with Gasteiger partial charge < -0.3 is 10.2 Å². The molecule has 1 aromatic carbocycles. The summed E-state index contributed by atoms with van der Waals surface area (Å²) in [7, 11) is 0. The van der Waals surface area contributed by atoms with Gasteiger partial charge >= 0.3 is 11.9 Å². The molecule has 0 aliphatic carbocycles. The van der Waals surface area contributed by atoms with Crippen LogP contribution in [0.5, 0.6) is 0 Å². The lowest BCUT2D eigenvalue weighted by molar-refractivity contribution is -0.138. The molecular formula is C18H16N2O8. The van der Waals surface area contributed by atoms with E-state index < -0.39 is 34.2 Å². The summed E-state index contributed by atoms with van der Waals surface area (Å²) in [4.78, 5) is 71.1. The zero-order valence-electron chi connectivity index (χ0n) is 14.6. The quantitative estimate of drug-likeness (QED) is 0.531. The monoisotopic (exact) mass is 388 g/mol. The van der Waals surface area contributed by atoms with Crippen molar-refractivity contribution >= 4 is 33.5 Å². The smallest absolute Gasteiger partial charge is 0.303 e. The van der Waals surface area contributed by atoms with Gasteiger partial charge in [0.2, 0.25) is 0 Å². The van der Waals surface area contributed by atoms with Gasteiger partial charge in [0.25, 0.3) is 22.2 Å². The molecule has 0 saturated carbocycles. The van der Waals surface area contributed by atoms with Gasteiger partial charge in [-0.3, -0.25) is 37.9 Å². The second-order valence-electron chi connectivity index (χ2n) is 6.46. The third-order valence-electron chi connectivity index (χ3n) is 4.60. The SMILES string of the molecule is O=C(O)CCCn1c(=O)c2cc3c(=O)n(CCCC(=O)O)c(=O)c3cc2c1=O. The molecule has 0 fully saturated rings. The Kier molecular flexibility index (Phi) is 4.95. The fourth-order valence-corrected chi connectivity index (χ4v) is 3.26. The number of rotatable bonds is 8. The highest BCUT2D eigenvalue weighted by molar-refractivity contribution is 5.97. The van der Waals surface area contributed by atoms with Crippen molar-refractivity contribution < 1.29 is 19.8 Å². The Morgan fingerprint density at radius 2 is 0.929 bits per heavy atom. The van der Waals surface area contributed by atoms with Crippen molar-refractivity contribution in [2.75, 3.05) is 0 Å². The van der Waals surface area contributed by atoms with Crippen LogP contribution in [0, 0.1) is 0 Å². The minimum atomic E-state index is -1.05. The van der Waals surface area contributed by atoms with Gasteiger partial charge in [-0.25, -0.2) is 0 Å². The van der Waals surface area contributed by atoms with E-state index in [-0.39, 0.29) is 60.3 Å². The Hall–Kier alpha value is -3.56. The predicted molar refractivity (Wildman–Crippen MR) is 98.6 cm³/mol. The highest BCUT2D eigenvalue weighted by atomic mass is 16.4. The highest BCUT2D eigenvalue weighted by Gasteiger charge is 2.19. The maximum atomic E-state index is 12.5. The standard InChI is InChI=1S/C18H16N2O8/c21-13(22)3-1-5-19-15(25)9-7-11-12(8-10(9)16(19)26)18(28)20(17(11)27)6-2-4-14(23)24/h7-8H,1-6H2,(H,21,22)(H,23,24). The van der Waals surface area contributed by atoms with Crippen LogP contribution in [-0.2, 0) is 22.7 Å². The molecular weight excluding hydrogens is 372 g/mol. The first kappa shape index (κ1) is 19.2. The summed E-state index contributed by atoms with van der Waals surface area (Å²) in [6.45, 7) is -0.154. The van der Waals surface area contributed by atoms with Crippen LogP contribution >= 0.6 is 0 Å². The van der Waals surface area contributed by atoms with Crippen molar-refractivity contribution in [1.82, 2.24) is 9.13 Å². The molecule has 0 amide bonds. The minimum Gasteiger partial charge on any atom is -0.481 e. The lowest BCUT2D eigenvalue weighted by Gasteiger charge is -1.97. The van der Waals surface area contributed by atoms with Gasteiger partial charge in [-0.2, -0.15) is 0 Å². The maximum absolute atomic E-state index is 12.5. The second-order valence-corrected chi connectivity index (χ2v) is 6.46. The molecule has 146 valence electrons. The van der Waals surface area contributed by atoms with Crippen LogP contribution in [0.3, 0.4) is 0 Å². The van der Waals surface area contributed by atoms with E-state index in [1.807, 2.05) is 0 Å². The molecule has 0 aliphatic rings. The average Bonchev–Trinajstić information content (AvgIpc) is 3.00. The van der Waals surface area contributed by atoms with Crippen molar-refractivity contribution in [3.05, 3.63) is 53.5 Å². The van der Waals surface area contributed by atoms with Crippen LogP contribution < -0.4 is 22.2 Å². The summed E-state index contributed by atoms with van der Waals surface area (Å²) in [5.41, 5.74) is -2.56.